The Labute approximate surface area is 856 Å². The Morgan fingerprint density at radius 3 is 0.738 bits per heavy atom. The van der Waals surface area contributed by atoms with Crippen molar-refractivity contribution in [1.29, 1.82) is 0 Å². The van der Waals surface area contributed by atoms with Gasteiger partial charge in [0.15, 0.2) is 57.6 Å². The van der Waals surface area contributed by atoms with Crippen LogP contribution in [-0.2, 0) is 51.0 Å². The summed E-state index contributed by atoms with van der Waals surface area (Å²) in [5.41, 5.74) is 9.36. The summed E-state index contributed by atoms with van der Waals surface area (Å²) >= 11 is 15.2. The molecule has 0 saturated carbocycles. The van der Waals surface area contributed by atoms with E-state index >= 15 is 0 Å². The third-order valence-electron chi connectivity index (χ3n) is 21.0. The number of aromatic nitrogens is 10. The van der Waals surface area contributed by atoms with Crippen molar-refractivity contribution in [2.45, 2.75) is 60.2 Å². The van der Waals surface area contributed by atoms with Crippen LogP contribution in [0.15, 0.2) is 161 Å². The fourth-order valence-electron chi connectivity index (χ4n) is 13.5. The van der Waals surface area contributed by atoms with Gasteiger partial charge in [0.05, 0.1) is 88.2 Å². The van der Waals surface area contributed by atoms with E-state index in [4.69, 9.17) is 36.1 Å². The van der Waals surface area contributed by atoms with Gasteiger partial charge in [0.1, 0.15) is 40.4 Å². The summed E-state index contributed by atoms with van der Waals surface area (Å²) in [7, 11) is -19.6. The predicted molar refractivity (Wildman–Crippen MR) is 511 cm³/mol. The highest BCUT2D eigenvalue weighted by atomic mass is 79.9. The largest absolute Gasteiger partial charge is 0.387 e. The number of hydrogen-bond donors (Lipinski definition) is 23. The number of hydrogen-bond acceptors (Lipinski definition) is 43. The maximum absolute atomic E-state index is 14.9. The van der Waals surface area contributed by atoms with Crippen LogP contribution >= 0.6 is 79.6 Å². The quantitative estimate of drug-likeness (QED) is 0.0133. The molecule has 5 fully saturated rings. The summed E-state index contributed by atoms with van der Waals surface area (Å²) < 4.78 is 239. The molecule has 10 heterocycles. The van der Waals surface area contributed by atoms with Crippen molar-refractivity contribution in [3.63, 3.8) is 0 Å². The van der Waals surface area contributed by atoms with Crippen LogP contribution in [0, 0.1) is 29.1 Å². The first-order chi connectivity index (χ1) is 68.1. The molecule has 0 unspecified atom stereocenters. The summed E-state index contributed by atoms with van der Waals surface area (Å²) in [6.45, 7) is -1.64. The van der Waals surface area contributed by atoms with Crippen LogP contribution in [0.25, 0.3) is 0 Å². The molecule has 58 nitrogen and oxygen atoms in total. The van der Waals surface area contributed by atoms with Crippen LogP contribution in [0.3, 0.4) is 0 Å². The standard InChI is InChI=1S/2C14H16BrF2N7O4S.C14H18BrFN8O4S.2C14H17BrFN7O5S/c3*15-9-5-8(1-2-10(9)16)20-13(21-25)11-12(23-28-22-11)19-6-14(17)3-4-24(7-14)29(18,26)27;2*15-9-5-8(1-2-10(9)16)19-13(20-25)11-12(22-28-21-11)18-6-14(24)3-4-23(7-14)29(17,26)27/h2*1-2,5,25H,3-4,6-7H2,(H,19,23)(H,20,21)(H2,18,26,27);1-2,5,25H,3-4,6-7,17H2,(H,19,23)(H,20,21)(H2,18,26,27);2*1-2,5,24-25H,3-4,6-7H2,(H,18,22)(H,19,20)(H2,17,26,27)/t5*14-/m11111/s1. The summed E-state index contributed by atoms with van der Waals surface area (Å²) in [6.07, 6.45) is 0.541. The molecule has 15 rings (SSSR count). The molecule has 5 aliphatic rings. The van der Waals surface area contributed by atoms with E-state index in [1.165, 1.54) is 91.0 Å². The molecule has 75 heteroatoms. The van der Waals surface area contributed by atoms with Crippen LogP contribution in [0.2, 0.25) is 0 Å². The molecular weight excluding hydrogens is 2390 g/mol. The van der Waals surface area contributed by atoms with E-state index < -0.39 is 121 Å². The number of aliphatic imine (C=N–C) groups is 5. The molecule has 145 heavy (non-hydrogen) atoms. The zero-order valence-corrected chi connectivity index (χ0v) is 85.6. The van der Waals surface area contributed by atoms with Crippen molar-refractivity contribution in [3.8, 4) is 0 Å². The van der Waals surface area contributed by atoms with Crippen LogP contribution in [-0.4, -0.2) is 307 Å². The van der Waals surface area contributed by atoms with E-state index in [0.717, 1.165) is 21.5 Å². The lowest BCUT2D eigenvalue weighted by atomic mass is 10.0. The van der Waals surface area contributed by atoms with Gasteiger partial charge in [-0.3, -0.25) is 53.4 Å². The summed E-state index contributed by atoms with van der Waals surface area (Å²) in [5, 5.41) is 144. The number of benzene rings is 5. The number of nitrogens with zero attached hydrogens (tertiary/aromatic N) is 20. The average molecular weight is 2470 g/mol. The van der Waals surface area contributed by atoms with E-state index in [-0.39, 0.29) is 231 Å². The minimum absolute atomic E-state index is 0.0159. The fraction of sp³-hybridized carbons (Fsp3) is 0.357. The maximum atomic E-state index is 14.9. The minimum atomic E-state index is -3.99. The Balaban J connectivity index is 0.000000173. The molecule has 790 valence electrons. The Kier molecular flexibility index (Phi) is 38.2. The van der Waals surface area contributed by atoms with E-state index in [0.29, 0.717) is 23.5 Å². The molecule has 0 bridgehead atoms. The lowest BCUT2D eigenvalue weighted by molar-refractivity contribution is 0.0690. The van der Waals surface area contributed by atoms with Crippen molar-refractivity contribution in [1.82, 2.24) is 100 Å². The summed E-state index contributed by atoms with van der Waals surface area (Å²) in [5.74, 6) is -3.13. The van der Waals surface area contributed by atoms with Crippen LogP contribution in [0.5, 0.6) is 0 Å². The summed E-state index contributed by atoms with van der Waals surface area (Å²) in [4.78, 5) is 20.5. The van der Waals surface area contributed by atoms with E-state index in [1.54, 1.807) is 0 Å². The Morgan fingerprint density at radius 1 is 0.324 bits per heavy atom. The first-order valence-electron chi connectivity index (χ1n) is 40.6. The number of hydroxylamine groups is 5. The zero-order chi connectivity index (χ0) is 106. The molecule has 0 aliphatic carbocycles. The zero-order valence-electron chi connectivity index (χ0n) is 73.5. The van der Waals surface area contributed by atoms with Gasteiger partial charge >= 0.3 is 0 Å². The second-order valence-corrected chi connectivity index (χ2v) is 43.7. The number of rotatable bonds is 30. The Morgan fingerprint density at radius 2 is 0.531 bits per heavy atom. The molecule has 0 amide bonds. The number of anilines is 5. The van der Waals surface area contributed by atoms with Gasteiger partial charge in [-0.2, -0.15) is 63.6 Å². The van der Waals surface area contributed by atoms with Gasteiger partial charge in [-0.15, -0.1) is 0 Å². The second-order valence-electron chi connectivity index (χ2n) is 31.7. The average Bonchev–Trinajstić information content (AvgIpc) is 1.68. The van der Waals surface area contributed by atoms with Crippen LogP contribution in [0.4, 0.5) is 88.3 Å². The van der Waals surface area contributed by atoms with E-state index in [9.17, 15) is 109 Å². The Bertz CT molecular complexity index is 6120. The highest BCUT2D eigenvalue weighted by molar-refractivity contribution is 9.11. The highest BCUT2D eigenvalue weighted by Gasteiger charge is 2.47. The van der Waals surface area contributed by atoms with Crippen molar-refractivity contribution in [3.05, 3.63) is 171 Å². The molecule has 5 saturated heterocycles. The minimum Gasteiger partial charge on any atom is -0.387 e. The maximum Gasteiger partial charge on any atom is 0.277 e. The fourth-order valence-corrected chi connectivity index (χ4v) is 19.2. The van der Waals surface area contributed by atoms with Gasteiger partial charge in [-0.05, 0) is 254 Å². The summed E-state index contributed by atoms with van der Waals surface area (Å²) in [6, 6.07) is 19.7. The van der Waals surface area contributed by atoms with Gasteiger partial charge in [0.25, 0.3) is 51.0 Å². The van der Waals surface area contributed by atoms with Gasteiger partial charge in [-0.1, -0.05) is 0 Å². The van der Waals surface area contributed by atoms with E-state index in [1.807, 2.05) is 27.4 Å². The molecule has 10 aromatic rings. The SMILES string of the molecule is NS(=O)(=O)N1CC[C@@](F)(CNc2nonc2C(=Nc2ccc(F)c(Br)c2)NO)C1.NS(=O)(=O)N1CC[C@@](F)(CNc2nonc2C(=Nc2ccc(F)c(Br)c2)NO)C1.NS(=O)(=O)N1CC[C@@](O)(CNc2nonc2C(=Nc2ccc(F)c(Br)c2)NO)C1.NS(=O)(=O)N1CC[C@@](O)(CNc2nonc2C(=Nc2ccc(F)c(Br)c2)NO)C1.N[C@@]1(CNc2nonc2C(=Nc2ccc(F)c(Br)c2)NO)CCN(S(N)(=O)=O)C1. The highest BCUT2D eigenvalue weighted by Crippen LogP contribution is 2.35. The Hall–Kier alpha value is -10.9. The number of alkyl halides is 2. The first kappa shape index (κ1) is 114. The molecule has 5 aliphatic heterocycles. The number of aliphatic hydroxyl groups is 2. The number of β-amino-alcohol motifs (C(OH)–C–C–N with tert-alkyl or cyclic N) is 2. The molecular formula is C70H84Br5F7N36O22S5. The number of nitrogens with one attached hydrogen (secondary N) is 10. The smallest absolute Gasteiger partial charge is 0.277 e. The van der Waals surface area contributed by atoms with Crippen molar-refractivity contribution in [2.24, 2.45) is 56.4 Å². The monoisotopic (exact) mass is 2470 g/mol. The first-order valence-corrected chi connectivity index (χ1v) is 52.1. The van der Waals surface area contributed by atoms with Gasteiger partial charge in [-0.25, -0.2) is 105 Å². The van der Waals surface area contributed by atoms with Gasteiger partial charge in [0, 0.05) is 77.5 Å². The lowest BCUT2D eigenvalue weighted by Gasteiger charge is -2.24. The van der Waals surface area contributed by atoms with Crippen LogP contribution < -0.4 is 85.4 Å². The third kappa shape index (κ3) is 31.6. The number of nitrogens with two attached hydrogens (primary N) is 6. The molecule has 0 spiro atoms. The molecule has 5 aromatic carbocycles. The third-order valence-corrected chi connectivity index (χ3v) is 29.2. The van der Waals surface area contributed by atoms with Crippen molar-refractivity contribution < 1.29 is 132 Å². The molecule has 29 N–H and O–H groups in total. The normalized spacial score (nSPS) is 20.8. The van der Waals surface area contributed by atoms with Crippen molar-refractivity contribution >= 4 is 217 Å². The predicted octanol–water partition coefficient (Wildman–Crippen LogP) is 2.32. The second kappa shape index (κ2) is 48.4. The lowest BCUT2D eigenvalue weighted by Crippen LogP contribution is -2.50. The molecule has 5 atom stereocenters. The van der Waals surface area contributed by atoms with Gasteiger partial charge in [0.2, 0.25) is 29.1 Å². The van der Waals surface area contributed by atoms with E-state index in [2.05, 4.69) is 201 Å². The van der Waals surface area contributed by atoms with Gasteiger partial charge < -0.3 is 42.5 Å². The number of halogens is 12. The number of amidine groups is 5. The molecule has 5 aromatic heterocycles. The topological polar surface area (TPSA) is 861 Å². The molecule has 0 radical (unpaired) electrons. The van der Waals surface area contributed by atoms with Crippen molar-refractivity contribution in [2.75, 3.05) is 125 Å². The van der Waals surface area contributed by atoms with Crippen LogP contribution in [0.1, 0.15) is 60.6 Å².